The lowest BCUT2D eigenvalue weighted by molar-refractivity contribution is 0.555. The molecule has 0 unspecified atom stereocenters. The molecule has 3 aromatic heterocycles. The number of aromatic nitrogens is 3. The summed E-state index contributed by atoms with van der Waals surface area (Å²) in [6.07, 6.45) is 1.67. The Morgan fingerprint density at radius 2 is 1.88 bits per heavy atom. The smallest absolute Gasteiger partial charge is 0.350 e. The first-order valence-corrected chi connectivity index (χ1v) is 7.61. The molecule has 4 aromatic rings. The van der Waals surface area contributed by atoms with Crippen LogP contribution in [0.15, 0.2) is 56.6 Å². The summed E-state index contributed by atoms with van der Waals surface area (Å²) in [5.74, 6) is 0. The molecule has 0 spiro atoms. The Balaban J connectivity index is 1.93. The second-order valence-corrected chi connectivity index (χ2v) is 5.89. The van der Waals surface area contributed by atoms with E-state index in [1.807, 2.05) is 32.0 Å². The second-order valence-electron chi connectivity index (χ2n) is 5.89. The predicted octanol–water partition coefficient (Wildman–Crippen LogP) is 2.27. The van der Waals surface area contributed by atoms with Gasteiger partial charge in [-0.15, -0.1) is 5.10 Å². The lowest BCUT2D eigenvalue weighted by Crippen LogP contribution is -2.22. The molecule has 0 aliphatic carbocycles. The molecule has 0 N–H and O–H groups in total. The molecule has 0 saturated carbocycles. The van der Waals surface area contributed by atoms with E-state index in [-0.39, 0.29) is 12.2 Å². The van der Waals surface area contributed by atoms with E-state index in [2.05, 4.69) is 5.10 Å². The average molecular weight is 321 g/mol. The van der Waals surface area contributed by atoms with Crippen LogP contribution < -0.4 is 11.3 Å². The van der Waals surface area contributed by atoms with E-state index in [0.29, 0.717) is 11.2 Å². The zero-order valence-corrected chi connectivity index (χ0v) is 13.3. The van der Waals surface area contributed by atoms with E-state index in [1.165, 1.54) is 15.1 Å². The maximum Gasteiger partial charge on any atom is 0.350 e. The summed E-state index contributed by atoms with van der Waals surface area (Å²) in [6, 6.07) is 10.6. The molecule has 0 radical (unpaired) electrons. The van der Waals surface area contributed by atoms with Gasteiger partial charge < -0.3 is 4.42 Å². The van der Waals surface area contributed by atoms with Gasteiger partial charge in [0.25, 0.3) is 0 Å². The molecule has 0 bridgehead atoms. The lowest BCUT2D eigenvalue weighted by atomic mass is 10.0. The van der Waals surface area contributed by atoms with Gasteiger partial charge in [-0.1, -0.05) is 6.07 Å². The van der Waals surface area contributed by atoms with Gasteiger partial charge in [-0.05, 0) is 54.8 Å². The van der Waals surface area contributed by atoms with Crippen molar-refractivity contribution in [3.8, 4) is 0 Å². The van der Waals surface area contributed by atoms with Crippen molar-refractivity contribution in [3.63, 3.8) is 0 Å². The van der Waals surface area contributed by atoms with Crippen molar-refractivity contribution in [3.05, 3.63) is 80.2 Å². The second kappa shape index (κ2) is 5.19. The zero-order valence-electron chi connectivity index (χ0n) is 13.3. The number of benzene rings is 1. The highest BCUT2D eigenvalue weighted by Crippen LogP contribution is 2.22. The quantitative estimate of drug-likeness (QED) is 0.531. The minimum Gasteiger partial charge on any atom is -0.423 e. The van der Waals surface area contributed by atoms with Crippen molar-refractivity contribution >= 4 is 16.6 Å². The number of aryl methyl sites for hydroxylation is 2. The maximum absolute atomic E-state index is 12.4. The summed E-state index contributed by atoms with van der Waals surface area (Å²) >= 11 is 0. The Kier molecular flexibility index (Phi) is 3.13. The van der Waals surface area contributed by atoms with Crippen LogP contribution in [0.2, 0.25) is 0 Å². The fourth-order valence-electron chi connectivity index (χ4n) is 2.85. The van der Waals surface area contributed by atoms with Crippen LogP contribution in [0.5, 0.6) is 0 Å². The van der Waals surface area contributed by atoms with Crippen molar-refractivity contribution in [2.24, 2.45) is 0 Å². The summed E-state index contributed by atoms with van der Waals surface area (Å²) in [5, 5.41) is 5.14. The largest absolute Gasteiger partial charge is 0.423 e. The van der Waals surface area contributed by atoms with Gasteiger partial charge in [-0.2, -0.15) is 0 Å². The zero-order chi connectivity index (χ0) is 16.8. The molecule has 6 heteroatoms. The molecule has 1 aromatic carbocycles. The van der Waals surface area contributed by atoms with E-state index < -0.39 is 5.63 Å². The third kappa shape index (κ3) is 2.23. The van der Waals surface area contributed by atoms with Gasteiger partial charge in [0.05, 0.1) is 6.54 Å². The number of pyridine rings is 1. The molecular formula is C18H15N3O3. The van der Waals surface area contributed by atoms with Gasteiger partial charge >= 0.3 is 11.3 Å². The van der Waals surface area contributed by atoms with Crippen LogP contribution in [0.4, 0.5) is 0 Å². The summed E-state index contributed by atoms with van der Waals surface area (Å²) in [5.41, 5.74) is 3.29. The van der Waals surface area contributed by atoms with Gasteiger partial charge in [0.2, 0.25) is 0 Å². The maximum atomic E-state index is 12.4. The van der Waals surface area contributed by atoms with Crippen molar-refractivity contribution in [2.75, 3.05) is 0 Å². The monoisotopic (exact) mass is 321 g/mol. The van der Waals surface area contributed by atoms with Gasteiger partial charge in [-0.3, -0.25) is 4.40 Å². The number of nitrogens with zero attached hydrogens (tertiary/aromatic N) is 3. The molecule has 0 aliphatic heterocycles. The summed E-state index contributed by atoms with van der Waals surface area (Å²) in [6.45, 7) is 4.18. The molecule has 0 atom stereocenters. The van der Waals surface area contributed by atoms with Crippen molar-refractivity contribution in [1.82, 2.24) is 14.2 Å². The van der Waals surface area contributed by atoms with E-state index >= 15 is 0 Å². The first-order valence-electron chi connectivity index (χ1n) is 7.61. The Morgan fingerprint density at radius 3 is 2.67 bits per heavy atom. The van der Waals surface area contributed by atoms with E-state index in [1.54, 1.807) is 18.3 Å². The van der Waals surface area contributed by atoms with Crippen molar-refractivity contribution in [1.29, 1.82) is 0 Å². The molecule has 0 aliphatic rings. The predicted molar refractivity (Wildman–Crippen MR) is 90.5 cm³/mol. The fourth-order valence-corrected chi connectivity index (χ4v) is 2.85. The minimum atomic E-state index is -0.433. The highest BCUT2D eigenvalue weighted by Gasteiger charge is 2.12. The molecule has 24 heavy (non-hydrogen) atoms. The third-order valence-corrected chi connectivity index (χ3v) is 4.25. The van der Waals surface area contributed by atoms with Gasteiger partial charge in [0.1, 0.15) is 5.58 Å². The standard InChI is InChI=1S/C18H15N3O3/c1-11-7-14-13(9-17(22)24-15(14)8-12(11)2)10-21-18(23)20-6-4-3-5-16(20)19-21/h3-9H,10H2,1-2H3. The molecule has 0 saturated heterocycles. The Hall–Kier alpha value is -3.15. The minimum absolute atomic E-state index is 0.213. The van der Waals surface area contributed by atoms with Crippen LogP contribution in [0, 0.1) is 13.8 Å². The molecule has 0 fully saturated rings. The third-order valence-electron chi connectivity index (χ3n) is 4.25. The molecular weight excluding hydrogens is 306 g/mol. The normalized spacial score (nSPS) is 11.4. The van der Waals surface area contributed by atoms with Crippen LogP contribution in [0.3, 0.4) is 0 Å². The Morgan fingerprint density at radius 1 is 1.08 bits per heavy atom. The van der Waals surface area contributed by atoms with Crippen LogP contribution in [-0.2, 0) is 6.54 Å². The van der Waals surface area contributed by atoms with Crippen LogP contribution in [0.25, 0.3) is 16.6 Å². The van der Waals surface area contributed by atoms with Gasteiger partial charge in [0, 0.05) is 17.6 Å². The SMILES string of the molecule is Cc1cc2oc(=O)cc(Cn3nc4ccccn4c3=O)c2cc1C. The van der Waals surface area contributed by atoms with E-state index in [4.69, 9.17) is 4.42 Å². The molecule has 0 amide bonds. The summed E-state index contributed by atoms with van der Waals surface area (Å²) in [4.78, 5) is 24.3. The first-order chi connectivity index (χ1) is 11.5. The van der Waals surface area contributed by atoms with Crippen molar-refractivity contribution in [2.45, 2.75) is 20.4 Å². The number of hydrogen-bond acceptors (Lipinski definition) is 4. The summed E-state index contributed by atoms with van der Waals surface area (Å²) < 4.78 is 8.13. The topological polar surface area (TPSA) is 69.5 Å². The number of rotatable bonds is 2. The molecule has 4 rings (SSSR count). The van der Waals surface area contributed by atoms with E-state index in [9.17, 15) is 9.59 Å². The summed E-state index contributed by atoms with van der Waals surface area (Å²) in [7, 11) is 0. The molecule has 6 nitrogen and oxygen atoms in total. The highest BCUT2D eigenvalue weighted by molar-refractivity contribution is 5.81. The number of hydrogen-bond donors (Lipinski definition) is 0. The van der Waals surface area contributed by atoms with Crippen LogP contribution in [0.1, 0.15) is 16.7 Å². The lowest BCUT2D eigenvalue weighted by Gasteiger charge is -2.07. The van der Waals surface area contributed by atoms with Crippen LogP contribution in [-0.4, -0.2) is 14.2 Å². The fraction of sp³-hybridized carbons (Fsp3) is 0.167. The molecule has 120 valence electrons. The van der Waals surface area contributed by atoms with Gasteiger partial charge in [-0.25, -0.2) is 14.3 Å². The number of fused-ring (bicyclic) bond motifs is 2. The highest BCUT2D eigenvalue weighted by atomic mass is 16.4. The van der Waals surface area contributed by atoms with Crippen molar-refractivity contribution < 1.29 is 4.42 Å². The average Bonchev–Trinajstić information content (AvgIpc) is 2.86. The molecule has 3 heterocycles. The van der Waals surface area contributed by atoms with Gasteiger partial charge in [0.15, 0.2) is 5.65 Å². The van der Waals surface area contributed by atoms with Crippen LogP contribution >= 0.6 is 0 Å². The first kappa shape index (κ1) is 14.4. The van der Waals surface area contributed by atoms with E-state index in [0.717, 1.165) is 22.1 Å². The Bertz CT molecular complexity index is 1200. The Labute approximate surface area is 136 Å².